The van der Waals surface area contributed by atoms with Crippen LogP contribution in [0.2, 0.25) is 0 Å². The van der Waals surface area contributed by atoms with E-state index in [2.05, 4.69) is 10.6 Å². The van der Waals surface area contributed by atoms with E-state index in [1.165, 1.54) is 7.05 Å². The van der Waals surface area contributed by atoms with E-state index in [0.29, 0.717) is 24.2 Å². The van der Waals surface area contributed by atoms with Crippen molar-refractivity contribution in [2.24, 2.45) is 17.8 Å². The van der Waals surface area contributed by atoms with Gasteiger partial charge in [-0.2, -0.15) is 18.4 Å². The van der Waals surface area contributed by atoms with E-state index in [-0.39, 0.29) is 44.2 Å². The van der Waals surface area contributed by atoms with Gasteiger partial charge in [0.25, 0.3) is 5.91 Å². The summed E-state index contributed by atoms with van der Waals surface area (Å²) in [4.78, 5) is 54.7. The SMILES string of the molecule is CNC(=O)C(CC1CC1)(NC(=O)C(F)(F)F)[C@H](CC1CC1)C(=O)N1C[C@@]2(C[C@H]1C#N)Oc1ccccc1CNC2=O. The molecule has 0 radical (unpaired) electrons. The second kappa shape index (κ2) is 10.5. The second-order valence-electron chi connectivity index (χ2n) is 11.6. The molecular weight excluding hydrogens is 543 g/mol. The minimum atomic E-state index is -5.29. The van der Waals surface area contributed by atoms with E-state index in [4.69, 9.17) is 4.74 Å². The molecule has 1 spiro atoms. The number of hydrogen-bond acceptors (Lipinski definition) is 6. The molecular formula is C28H32F3N5O5. The van der Waals surface area contributed by atoms with Crippen molar-refractivity contribution in [1.29, 1.82) is 5.26 Å². The van der Waals surface area contributed by atoms with E-state index in [0.717, 1.165) is 17.7 Å². The Bertz CT molecular complexity index is 1290. The molecule has 13 heteroatoms. The van der Waals surface area contributed by atoms with E-state index in [9.17, 15) is 37.6 Å². The fourth-order valence-electron chi connectivity index (χ4n) is 6.06. The number of likely N-dealkylation sites (N-methyl/N-ethyl adjacent to an activating group) is 1. The average molecular weight is 576 g/mol. The predicted octanol–water partition coefficient (Wildman–Crippen LogP) is 1.94. The first-order valence-electron chi connectivity index (χ1n) is 13.8. The Morgan fingerprint density at radius 1 is 1.17 bits per heavy atom. The molecule has 3 N–H and O–H groups in total. The number of nitrogens with zero attached hydrogens (tertiary/aromatic N) is 2. The maximum Gasteiger partial charge on any atom is 0.471 e. The minimum absolute atomic E-state index is 0.0311. The summed E-state index contributed by atoms with van der Waals surface area (Å²) in [6.45, 7) is -0.164. The lowest BCUT2D eigenvalue weighted by atomic mass is 9.74. The molecule has 1 aromatic carbocycles. The van der Waals surface area contributed by atoms with E-state index < -0.39 is 52.9 Å². The number of likely N-dealkylation sites (tertiary alicyclic amines) is 1. The molecule has 0 aromatic heterocycles. The van der Waals surface area contributed by atoms with Crippen LogP contribution >= 0.6 is 0 Å². The topological polar surface area (TPSA) is 141 Å². The Kier molecular flexibility index (Phi) is 7.38. The van der Waals surface area contributed by atoms with Crippen molar-refractivity contribution in [2.45, 2.75) is 74.8 Å². The first-order chi connectivity index (χ1) is 19.4. The summed E-state index contributed by atoms with van der Waals surface area (Å²) >= 11 is 0. The van der Waals surface area contributed by atoms with Crippen LogP contribution in [-0.2, 0) is 25.7 Å². The predicted molar refractivity (Wildman–Crippen MR) is 137 cm³/mol. The highest BCUT2D eigenvalue weighted by molar-refractivity contribution is 5.99. The number of benzene rings is 1. The smallest absolute Gasteiger partial charge is 0.471 e. The Hall–Kier alpha value is -3.82. The van der Waals surface area contributed by atoms with Crippen LogP contribution in [0.5, 0.6) is 5.75 Å². The highest BCUT2D eigenvalue weighted by atomic mass is 19.4. The Labute approximate surface area is 234 Å². The molecule has 2 aliphatic carbocycles. The first-order valence-corrected chi connectivity index (χ1v) is 13.8. The van der Waals surface area contributed by atoms with Gasteiger partial charge in [0.15, 0.2) is 0 Å². The lowest BCUT2D eigenvalue weighted by molar-refractivity contribution is -0.178. The third-order valence-corrected chi connectivity index (χ3v) is 8.58. The number of halogens is 3. The number of fused-ring (bicyclic) bond motifs is 1. The molecule has 1 aromatic rings. The number of carbonyl (C=O) groups is 4. The van der Waals surface area contributed by atoms with Crippen LogP contribution in [0.25, 0.3) is 0 Å². The fourth-order valence-corrected chi connectivity index (χ4v) is 6.06. The van der Waals surface area contributed by atoms with Gasteiger partial charge in [0.1, 0.15) is 17.3 Å². The Balaban J connectivity index is 1.54. The quantitative estimate of drug-likeness (QED) is 0.433. The fraction of sp³-hybridized carbons (Fsp3) is 0.607. The molecule has 4 atom stereocenters. The summed E-state index contributed by atoms with van der Waals surface area (Å²) in [7, 11) is 1.24. The molecule has 4 amide bonds. The molecule has 10 nitrogen and oxygen atoms in total. The Morgan fingerprint density at radius 3 is 2.46 bits per heavy atom. The molecule has 3 fully saturated rings. The number of nitrogens with one attached hydrogen (secondary N) is 3. The normalized spacial score (nSPS) is 26.0. The third kappa shape index (κ3) is 5.56. The second-order valence-corrected chi connectivity index (χ2v) is 11.6. The summed E-state index contributed by atoms with van der Waals surface area (Å²) in [6, 6.07) is 7.86. The van der Waals surface area contributed by atoms with Gasteiger partial charge in [0.05, 0.1) is 18.5 Å². The molecule has 1 unspecified atom stereocenters. The van der Waals surface area contributed by atoms with Crippen molar-refractivity contribution < 1.29 is 37.1 Å². The number of para-hydroxylation sites is 1. The van der Waals surface area contributed by atoms with Gasteiger partial charge in [-0.25, -0.2) is 0 Å². The maximum absolute atomic E-state index is 14.4. The number of carbonyl (C=O) groups excluding carboxylic acids is 4. The average Bonchev–Trinajstić information content (AvgIpc) is 3.87. The number of amides is 4. The van der Waals surface area contributed by atoms with Crippen molar-refractivity contribution in [2.75, 3.05) is 13.6 Å². The van der Waals surface area contributed by atoms with Crippen LogP contribution in [0.3, 0.4) is 0 Å². The van der Waals surface area contributed by atoms with Crippen molar-refractivity contribution in [3.05, 3.63) is 29.8 Å². The first kappa shape index (κ1) is 28.7. The summed E-state index contributed by atoms with van der Waals surface area (Å²) in [5.41, 5.74) is -3.11. The molecule has 1 saturated heterocycles. The van der Waals surface area contributed by atoms with E-state index in [1.807, 2.05) is 11.4 Å². The van der Waals surface area contributed by atoms with Crippen LogP contribution < -0.4 is 20.7 Å². The van der Waals surface area contributed by atoms with Crippen molar-refractivity contribution >= 4 is 23.6 Å². The number of nitriles is 1. The monoisotopic (exact) mass is 575 g/mol. The van der Waals surface area contributed by atoms with Gasteiger partial charge < -0.3 is 25.6 Å². The van der Waals surface area contributed by atoms with Crippen LogP contribution in [-0.4, -0.2) is 65.5 Å². The van der Waals surface area contributed by atoms with Crippen molar-refractivity contribution in [1.82, 2.24) is 20.9 Å². The number of hydrogen-bond donors (Lipinski definition) is 3. The largest absolute Gasteiger partial charge is 0.475 e. The number of ether oxygens (including phenoxy) is 1. The third-order valence-electron chi connectivity index (χ3n) is 8.58. The van der Waals surface area contributed by atoms with Gasteiger partial charge in [-0.15, -0.1) is 0 Å². The molecule has 41 heavy (non-hydrogen) atoms. The van der Waals surface area contributed by atoms with Gasteiger partial charge in [0, 0.05) is 25.6 Å². The number of alkyl halides is 3. The summed E-state index contributed by atoms with van der Waals surface area (Å²) in [5.74, 6) is -5.67. The zero-order valence-electron chi connectivity index (χ0n) is 22.6. The highest BCUT2D eigenvalue weighted by Crippen LogP contribution is 2.47. The van der Waals surface area contributed by atoms with Gasteiger partial charge in [-0.1, -0.05) is 43.9 Å². The van der Waals surface area contributed by atoms with Crippen molar-refractivity contribution in [3.63, 3.8) is 0 Å². The molecule has 4 aliphatic rings. The minimum Gasteiger partial charge on any atom is -0.475 e. The number of rotatable bonds is 8. The highest BCUT2D eigenvalue weighted by Gasteiger charge is 2.60. The van der Waals surface area contributed by atoms with Crippen LogP contribution in [0.1, 0.15) is 50.5 Å². The summed E-state index contributed by atoms with van der Waals surface area (Å²) in [6.07, 6.45) is -2.83. The maximum atomic E-state index is 14.4. The van der Waals surface area contributed by atoms with Crippen molar-refractivity contribution in [3.8, 4) is 11.8 Å². The molecule has 2 saturated carbocycles. The Morgan fingerprint density at radius 2 is 1.85 bits per heavy atom. The lowest BCUT2D eigenvalue weighted by Gasteiger charge is -2.41. The van der Waals surface area contributed by atoms with Crippen LogP contribution in [0.15, 0.2) is 24.3 Å². The molecule has 5 rings (SSSR count). The lowest BCUT2D eigenvalue weighted by Crippen LogP contribution is -2.67. The standard InChI is InChI=1S/C28H32F3N5O5/c1-33-24(39)27(11-17-8-9-17,35-25(40)28(29,30)31)20(10-16-6-7-16)22(37)36-15-26(12-19(36)13-32)23(38)34-14-18-4-2-3-5-21(18)41-26/h2-5,16-17,19-20H,6-12,14-15H2,1H3,(H,33,39)(H,34,38)(H,35,40)/t19-,20+,26+,27?/m0/s1. The zero-order valence-corrected chi connectivity index (χ0v) is 22.6. The molecule has 220 valence electrons. The van der Waals surface area contributed by atoms with Crippen LogP contribution in [0, 0.1) is 29.1 Å². The molecule has 0 bridgehead atoms. The molecule has 2 heterocycles. The molecule has 2 aliphatic heterocycles. The van der Waals surface area contributed by atoms with Crippen LogP contribution in [0.4, 0.5) is 13.2 Å². The summed E-state index contributed by atoms with van der Waals surface area (Å²) < 4.78 is 46.9. The van der Waals surface area contributed by atoms with E-state index in [1.54, 1.807) is 24.3 Å². The van der Waals surface area contributed by atoms with Gasteiger partial charge in [-0.05, 0) is 30.7 Å². The summed E-state index contributed by atoms with van der Waals surface area (Å²) in [5, 5.41) is 17.2. The van der Waals surface area contributed by atoms with Gasteiger partial charge in [-0.3, -0.25) is 19.2 Å². The van der Waals surface area contributed by atoms with Gasteiger partial charge >= 0.3 is 12.1 Å². The zero-order chi connectivity index (χ0) is 29.6. The van der Waals surface area contributed by atoms with Gasteiger partial charge in [0.2, 0.25) is 17.4 Å². The van der Waals surface area contributed by atoms with E-state index >= 15 is 0 Å².